The van der Waals surface area contributed by atoms with E-state index in [1.165, 1.54) is 25.6 Å². The number of carbonyl (C=O) groups excluding carboxylic acids is 1. The molecule has 208 valence electrons. The van der Waals surface area contributed by atoms with Gasteiger partial charge in [0.25, 0.3) is 0 Å². The van der Waals surface area contributed by atoms with Gasteiger partial charge in [-0.05, 0) is 29.8 Å². The molecule has 0 spiro atoms. The summed E-state index contributed by atoms with van der Waals surface area (Å²) in [6.45, 7) is 4.42. The van der Waals surface area contributed by atoms with E-state index >= 15 is 0 Å². The fourth-order valence-corrected chi connectivity index (χ4v) is 5.80. The van der Waals surface area contributed by atoms with Gasteiger partial charge in [-0.1, -0.05) is 0 Å². The Kier molecular flexibility index (Phi) is 8.23. The van der Waals surface area contributed by atoms with Crippen molar-refractivity contribution in [3.8, 4) is 11.5 Å². The Morgan fingerprint density at radius 1 is 1.10 bits per heavy atom. The maximum atomic E-state index is 13.2. The van der Waals surface area contributed by atoms with Gasteiger partial charge in [0, 0.05) is 50.4 Å². The first-order chi connectivity index (χ1) is 18.9. The number of amides is 1. The third-order valence-corrected chi connectivity index (χ3v) is 8.22. The molecule has 12 nitrogen and oxygen atoms in total. The molecule has 1 aromatic heterocycles. The number of hydrogen-bond donors (Lipinski definition) is 2. The van der Waals surface area contributed by atoms with Gasteiger partial charge < -0.3 is 24.3 Å². The minimum absolute atomic E-state index is 0.0782. The van der Waals surface area contributed by atoms with E-state index in [0.29, 0.717) is 72.3 Å². The second-order valence-corrected chi connectivity index (χ2v) is 10.9. The summed E-state index contributed by atoms with van der Waals surface area (Å²) in [5, 5.41) is 3.44. The normalized spacial score (nSPS) is 17.7. The Hall–Kier alpha value is -3.36. The van der Waals surface area contributed by atoms with Gasteiger partial charge in [-0.25, -0.2) is 23.1 Å². The van der Waals surface area contributed by atoms with Crippen molar-refractivity contribution in [3.63, 3.8) is 0 Å². The minimum atomic E-state index is -3.80. The lowest BCUT2D eigenvalue weighted by atomic mass is 9.94. The van der Waals surface area contributed by atoms with Crippen LogP contribution in [0.3, 0.4) is 0 Å². The molecule has 0 saturated carbocycles. The summed E-state index contributed by atoms with van der Waals surface area (Å²) in [6.07, 6.45) is 1.38. The van der Waals surface area contributed by atoms with E-state index < -0.39 is 15.9 Å². The minimum Gasteiger partial charge on any atom is -0.493 e. The van der Waals surface area contributed by atoms with Crippen molar-refractivity contribution >= 4 is 32.5 Å². The zero-order valence-corrected chi connectivity index (χ0v) is 22.6. The average molecular weight is 558 g/mol. The molecule has 0 bridgehead atoms. The SMILES string of the molecule is COCCOc1cc2ncnc(C3C(=O)Nc4ccc(S(=O)(=O)NCCN5CCOCC5)cc43)c2cc1OC. The number of aromatic nitrogens is 2. The summed E-state index contributed by atoms with van der Waals surface area (Å²) in [5.41, 5.74) is 2.06. The molecule has 5 rings (SSSR count). The van der Waals surface area contributed by atoms with Crippen LogP contribution in [0, 0.1) is 0 Å². The van der Waals surface area contributed by atoms with Gasteiger partial charge >= 0.3 is 0 Å². The number of carbonyl (C=O) groups is 1. The molecule has 3 heterocycles. The lowest BCUT2D eigenvalue weighted by Crippen LogP contribution is -2.41. The Balaban J connectivity index is 1.44. The first kappa shape index (κ1) is 27.2. The number of benzene rings is 2. The van der Waals surface area contributed by atoms with Crippen LogP contribution in [0.15, 0.2) is 41.6 Å². The Labute approximate surface area is 226 Å². The van der Waals surface area contributed by atoms with Crippen LogP contribution in [0.25, 0.3) is 10.9 Å². The van der Waals surface area contributed by atoms with Crippen LogP contribution in [0.1, 0.15) is 17.2 Å². The number of sulfonamides is 1. The summed E-state index contributed by atoms with van der Waals surface area (Å²) >= 11 is 0. The standard InChI is InChI=1S/C26H31N5O7S/c1-35-11-12-38-23-15-21-19(14-22(23)36-2)25(28-16-27-21)24-18-13-17(3-4-20(18)30-26(24)32)39(33,34)29-5-6-31-7-9-37-10-8-31/h3-4,13-16,24,29H,5-12H2,1-2H3,(H,30,32). The van der Waals surface area contributed by atoms with Gasteiger partial charge in [0.05, 0.1) is 43.0 Å². The number of rotatable bonds is 11. The molecule has 3 aromatic rings. The number of nitrogens with one attached hydrogen (secondary N) is 2. The smallest absolute Gasteiger partial charge is 0.240 e. The molecular weight excluding hydrogens is 526 g/mol. The maximum absolute atomic E-state index is 13.2. The molecule has 1 atom stereocenters. The number of fused-ring (bicyclic) bond motifs is 2. The van der Waals surface area contributed by atoms with E-state index in [2.05, 4.69) is 24.9 Å². The number of ether oxygens (including phenoxy) is 4. The molecule has 1 saturated heterocycles. The molecule has 1 unspecified atom stereocenters. The van der Waals surface area contributed by atoms with E-state index in [1.54, 1.807) is 25.3 Å². The van der Waals surface area contributed by atoms with Crippen molar-refractivity contribution in [2.24, 2.45) is 0 Å². The van der Waals surface area contributed by atoms with E-state index in [1.807, 2.05) is 0 Å². The van der Waals surface area contributed by atoms with Gasteiger partial charge in [0.15, 0.2) is 11.5 Å². The Morgan fingerprint density at radius 3 is 2.69 bits per heavy atom. The van der Waals surface area contributed by atoms with E-state index in [-0.39, 0.29) is 17.3 Å². The molecule has 1 fully saturated rings. The number of nitrogens with zero attached hydrogens (tertiary/aromatic N) is 3. The van der Waals surface area contributed by atoms with Crippen molar-refractivity contribution in [1.29, 1.82) is 0 Å². The predicted molar refractivity (Wildman–Crippen MR) is 143 cm³/mol. The lowest BCUT2D eigenvalue weighted by molar-refractivity contribution is -0.116. The molecular formula is C26H31N5O7S. The van der Waals surface area contributed by atoms with Crippen molar-refractivity contribution in [1.82, 2.24) is 19.6 Å². The highest BCUT2D eigenvalue weighted by Crippen LogP contribution is 2.41. The van der Waals surface area contributed by atoms with Crippen molar-refractivity contribution < 1.29 is 32.2 Å². The largest absolute Gasteiger partial charge is 0.493 e. The van der Waals surface area contributed by atoms with Crippen LogP contribution in [0.4, 0.5) is 5.69 Å². The fraction of sp³-hybridized carbons (Fsp3) is 0.423. The molecule has 1 amide bonds. The van der Waals surface area contributed by atoms with Crippen molar-refractivity contribution in [3.05, 3.63) is 47.9 Å². The lowest BCUT2D eigenvalue weighted by Gasteiger charge is -2.26. The van der Waals surface area contributed by atoms with Crippen LogP contribution in [0.2, 0.25) is 0 Å². The third-order valence-electron chi connectivity index (χ3n) is 6.76. The first-order valence-corrected chi connectivity index (χ1v) is 14.1. The number of morpholine rings is 1. The highest BCUT2D eigenvalue weighted by atomic mass is 32.2. The second-order valence-electron chi connectivity index (χ2n) is 9.14. The van der Waals surface area contributed by atoms with Crippen LogP contribution in [-0.4, -0.2) is 96.0 Å². The third kappa shape index (κ3) is 5.82. The number of methoxy groups -OCH3 is 2. The predicted octanol–water partition coefficient (Wildman–Crippen LogP) is 1.36. The number of anilines is 1. The molecule has 39 heavy (non-hydrogen) atoms. The maximum Gasteiger partial charge on any atom is 0.240 e. The van der Waals surface area contributed by atoms with E-state index in [4.69, 9.17) is 18.9 Å². The van der Waals surface area contributed by atoms with E-state index in [0.717, 1.165) is 13.1 Å². The van der Waals surface area contributed by atoms with Gasteiger partial charge in [-0.15, -0.1) is 0 Å². The zero-order chi connectivity index (χ0) is 27.4. The summed E-state index contributed by atoms with van der Waals surface area (Å²) in [5.74, 6) is -0.202. The second kappa shape index (κ2) is 11.8. The van der Waals surface area contributed by atoms with Gasteiger partial charge in [-0.3, -0.25) is 9.69 Å². The molecule has 0 radical (unpaired) electrons. The van der Waals surface area contributed by atoms with Crippen LogP contribution >= 0.6 is 0 Å². The van der Waals surface area contributed by atoms with Crippen LogP contribution < -0.4 is 19.5 Å². The molecule has 13 heteroatoms. The van der Waals surface area contributed by atoms with Gasteiger partial charge in [-0.2, -0.15) is 0 Å². The summed E-state index contributed by atoms with van der Waals surface area (Å²) in [7, 11) is -0.693. The summed E-state index contributed by atoms with van der Waals surface area (Å²) in [6, 6.07) is 8.08. The molecule has 2 aromatic carbocycles. The van der Waals surface area contributed by atoms with Gasteiger partial charge in [0.2, 0.25) is 15.9 Å². The van der Waals surface area contributed by atoms with Crippen molar-refractivity contribution in [2.75, 3.05) is 72.1 Å². The first-order valence-electron chi connectivity index (χ1n) is 12.6. The molecule has 2 aliphatic rings. The zero-order valence-electron chi connectivity index (χ0n) is 21.8. The van der Waals surface area contributed by atoms with Gasteiger partial charge in [0.1, 0.15) is 18.9 Å². The highest BCUT2D eigenvalue weighted by molar-refractivity contribution is 7.89. The van der Waals surface area contributed by atoms with Crippen LogP contribution in [0.5, 0.6) is 11.5 Å². The highest BCUT2D eigenvalue weighted by Gasteiger charge is 2.36. The van der Waals surface area contributed by atoms with Crippen LogP contribution in [-0.2, 0) is 24.3 Å². The molecule has 2 N–H and O–H groups in total. The Bertz CT molecular complexity index is 1460. The van der Waals surface area contributed by atoms with E-state index in [9.17, 15) is 13.2 Å². The molecule has 2 aliphatic heterocycles. The fourth-order valence-electron chi connectivity index (χ4n) is 4.75. The molecule has 0 aliphatic carbocycles. The Morgan fingerprint density at radius 2 is 1.92 bits per heavy atom. The topological polar surface area (TPSA) is 141 Å². The summed E-state index contributed by atoms with van der Waals surface area (Å²) in [4.78, 5) is 24.2. The monoisotopic (exact) mass is 557 g/mol. The summed E-state index contributed by atoms with van der Waals surface area (Å²) < 4.78 is 50.6. The average Bonchev–Trinajstić information content (AvgIpc) is 3.27. The quantitative estimate of drug-likeness (QED) is 0.332. The number of hydrogen-bond acceptors (Lipinski definition) is 10. The van der Waals surface area contributed by atoms with Crippen molar-refractivity contribution in [2.45, 2.75) is 10.8 Å².